The minimum atomic E-state index is -0.849. The van der Waals surface area contributed by atoms with Crippen LogP contribution in [0.2, 0.25) is 0 Å². The van der Waals surface area contributed by atoms with Gasteiger partial charge in [0.2, 0.25) is 0 Å². The molecule has 90 valence electrons. The van der Waals surface area contributed by atoms with Crippen molar-refractivity contribution in [3.05, 3.63) is 47.5 Å². The number of hydrogen-bond acceptors (Lipinski definition) is 3. The lowest BCUT2D eigenvalue weighted by Crippen LogP contribution is -2.14. The largest absolute Gasteiger partial charge is 0.313 e. The maximum Gasteiger partial charge on any atom is 0.159 e. The van der Waals surface area contributed by atoms with E-state index in [-0.39, 0.29) is 0 Å². The van der Waals surface area contributed by atoms with E-state index in [4.69, 9.17) is 0 Å². The Morgan fingerprint density at radius 3 is 2.82 bits per heavy atom. The van der Waals surface area contributed by atoms with Gasteiger partial charge in [0.15, 0.2) is 11.6 Å². The number of hydrogen-bond donors (Lipinski definition) is 1. The average molecular weight is 238 g/mol. The van der Waals surface area contributed by atoms with Gasteiger partial charge in [-0.15, -0.1) is 0 Å². The molecule has 0 unspecified atom stereocenters. The minimum absolute atomic E-state index is 0.369. The van der Waals surface area contributed by atoms with Gasteiger partial charge in [-0.1, -0.05) is 6.07 Å². The zero-order valence-corrected chi connectivity index (χ0v) is 9.32. The number of halogens is 2. The van der Waals surface area contributed by atoms with Gasteiger partial charge >= 0.3 is 0 Å². The zero-order valence-electron chi connectivity index (χ0n) is 9.32. The van der Waals surface area contributed by atoms with E-state index in [1.54, 1.807) is 11.7 Å². The van der Waals surface area contributed by atoms with Gasteiger partial charge in [0, 0.05) is 0 Å². The summed E-state index contributed by atoms with van der Waals surface area (Å²) in [6.45, 7) is 0.942. The molecule has 2 aromatic rings. The summed E-state index contributed by atoms with van der Waals surface area (Å²) in [7, 11) is 1.80. The van der Waals surface area contributed by atoms with Gasteiger partial charge in [-0.05, 0) is 24.7 Å². The second kappa shape index (κ2) is 5.01. The monoisotopic (exact) mass is 238 g/mol. The van der Waals surface area contributed by atoms with Crippen LogP contribution in [0.25, 0.3) is 0 Å². The molecule has 1 heterocycles. The fraction of sp³-hybridized carbons (Fsp3) is 0.273. The van der Waals surface area contributed by atoms with Gasteiger partial charge in [-0.3, -0.25) is 0 Å². The zero-order chi connectivity index (χ0) is 12.3. The van der Waals surface area contributed by atoms with Gasteiger partial charge in [0.05, 0.1) is 13.1 Å². The van der Waals surface area contributed by atoms with Gasteiger partial charge in [-0.25, -0.2) is 18.4 Å². The summed E-state index contributed by atoms with van der Waals surface area (Å²) in [4.78, 5) is 4.06. The fourth-order valence-corrected chi connectivity index (χ4v) is 1.53. The quantitative estimate of drug-likeness (QED) is 0.873. The molecule has 0 aliphatic heterocycles. The summed E-state index contributed by atoms with van der Waals surface area (Å²) in [5.41, 5.74) is 0.645. The average Bonchev–Trinajstić information content (AvgIpc) is 2.72. The maximum absolute atomic E-state index is 13.0. The molecule has 0 fully saturated rings. The van der Waals surface area contributed by atoms with Crippen molar-refractivity contribution in [2.75, 3.05) is 7.05 Å². The van der Waals surface area contributed by atoms with E-state index < -0.39 is 11.6 Å². The first kappa shape index (κ1) is 11.7. The van der Waals surface area contributed by atoms with Crippen LogP contribution in [-0.2, 0) is 13.1 Å². The molecule has 0 saturated heterocycles. The molecule has 1 aromatic carbocycles. The standard InChI is InChI=1S/C11H12F2N4/c1-14-5-11-15-7-16-17(11)6-8-2-3-9(12)10(13)4-8/h2-4,7,14H,5-6H2,1H3. The molecular weight excluding hydrogens is 226 g/mol. The molecule has 0 amide bonds. The van der Waals surface area contributed by atoms with Gasteiger partial charge in [0.1, 0.15) is 12.2 Å². The van der Waals surface area contributed by atoms with E-state index in [2.05, 4.69) is 15.4 Å². The van der Waals surface area contributed by atoms with Crippen molar-refractivity contribution in [2.24, 2.45) is 0 Å². The van der Waals surface area contributed by atoms with E-state index in [1.807, 2.05) is 0 Å². The Hall–Kier alpha value is -1.82. The van der Waals surface area contributed by atoms with Crippen molar-refractivity contribution in [3.8, 4) is 0 Å². The SMILES string of the molecule is CNCc1ncnn1Cc1ccc(F)c(F)c1. The predicted octanol–water partition coefficient (Wildman–Crippen LogP) is 1.32. The van der Waals surface area contributed by atoms with E-state index >= 15 is 0 Å². The minimum Gasteiger partial charge on any atom is -0.313 e. The number of benzene rings is 1. The van der Waals surface area contributed by atoms with Crippen LogP contribution in [-0.4, -0.2) is 21.8 Å². The van der Waals surface area contributed by atoms with Crippen LogP contribution in [0.15, 0.2) is 24.5 Å². The predicted molar refractivity (Wildman–Crippen MR) is 58.2 cm³/mol. The van der Waals surface area contributed by atoms with Crippen LogP contribution in [0.5, 0.6) is 0 Å². The van der Waals surface area contributed by atoms with Crippen molar-refractivity contribution in [2.45, 2.75) is 13.1 Å². The van der Waals surface area contributed by atoms with Crippen LogP contribution in [0.4, 0.5) is 8.78 Å². The molecule has 0 aliphatic carbocycles. The smallest absolute Gasteiger partial charge is 0.159 e. The highest BCUT2D eigenvalue weighted by atomic mass is 19.2. The molecule has 1 N–H and O–H groups in total. The topological polar surface area (TPSA) is 42.7 Å². The van der Waals surface area contributed by atoms with Crippen LogP contribution < -0.4 is 5.32 Å². The normalized spacial score (nSPS) is 10.8. The van der Waals surface area contributed by atoms with Gasteiger partial charge in [0.25, 0.3) is 0 Å². The molecule has 6 heteroatoms. The van der Waals surface area contributed by atoms with Crippen LogP contribution >= 0.6 is 0 Å². The Morgan fingerprint density at radius 2 is 2.12 bits per heavy atom. The van der Waals surface area contributed by atoms with Crippen molar-refractivity contribution in [3.63, 3.8) is 0 Å². The molecule has 0 aliphatic rings. The lowest BCUT2D eigenvalue weighted by Gasteiger charge is -2.06. The number of nitrogens with zero attached hydrogens (tertiary/aromatic N) is 3. The number of rotatable bonds is 4. The van der Waals surface area contributed by atoms with E-state index in [9.17, 15) is 8.78 Å². The highest BCUT2D eigenvalue weighted by molar-refractivity contribution is 5.18. The third-order valence-electron chi connectivity index (χ3n) is 2.35. The third-order valence-corrected chi connectivity index (χ3v) is 2.35. The molecule has 4 nitrogen and oxygen atoms in total. The lowest BCUT2D eigenvalue weighted by atomic mass is 10.2. The molecule has 0 spiro atoms. The van der Waals surface area contributed by atoms with Gasteiger partial charge in [-0.2, -0.15) is 5.10 Å². The summed E-state index contributed by atoms with van der Waals surface area (Å²) >= 11 is 0. The Balaban J connectivity index is 2.19. The van der Waals surface area contributed by atoms with Crippen molar-refractivity contribution < 1.29 is 8.78 Å². The fourth-order valence-electron chi connectivity index (χ4n) is 1.53. The van der Waals surface area contributed by atoms with E-state index in [1.165, 1.54) is 18.5 Å². The second-order valence-electron chi connectivity index (χ2n) is 3.61. The highest BCUT2D eigenvalue weighted by Crippen LogP contribution is 2.10. The Kier molecular flexibility index (Phi) is 3.43. The van der Waals surface area contributed by atoms with Crippen LogP contribution in [0.3, 0.4) is 0 Å². The first-order valence-electron chi connectivity index (χ1n) is 5.16. The van der Waals surface area contributed by atoms with Crippen molar-refractivity contribution in [1.29, 1.82) is 0 Å². The molecule has 1 aromatic heterocycles. The number of nitrogens with one attached hydrogen (secondary N) is 1. The molecule has 0 saturated carbocycles. The number of aromatic nitrogens is 3. The van der Waals surface area contributed by atoms with Crippen molar-refractivity contribution in [1.82, 2.24) is 20.1 Å². The van der Waals surface area contributed by atoms with E-state index in [0.29, 0.717) is 18.7 Å². The van der Waals surface area contributed by atoms with Crippen LogP contribution in [0, 0.1) is 11.6 Å². The first-order valence-corrected chi connectivity index (χ1v) is 5.16. The molecule has 0 atom stereocenters. The Labute approximate surface area is 97.3 Å². The Bertz CT molecular complexity index is 510. The third kappa shape index (κ3) is 2.65. The molecule has 0 radical (unpaired) electrons. The second-order valence-corrected chi connectivity index (χ2v) is 3.61. The maximum atomic E-state index is 13.0. The molecule has 0 bridgehead atoms. The van der Waals surface area contributed by atoms with Gasteiger partial charge < -0.3 is 5.32 Å². The summed E-state index contributed by atoms with van der Waals surface area (Å²) in [6, 6.07) is 3.81. The molecule has 17 heavy (non-hydrogen) atoms. The molecule has 2 rings (SSSR count). The summed E-state index contributed by atoms with van der Waals surface area (Å²) < 4.78 is 27.4. The van der Waals surface area contributed by atoms with Crippen molar-refractivity contribution >= 4 is 0 Å². The first-order chi connectivity index (χ1) is 8.20. The van der Waals surface area contributed by atoms with Crippen LogP contribution in [0.1, 0.15) is 11.4 Å². The summed E-state index contributed by atoms with van der Waals surface area (Å²) in [5.74, 6) is -0.946. The molecular formula is C11H12F2N4. The highest BCUT2D eigenvalue weighted by Gasteiger charge is 2.06. The Morgan fingerprint density at radius 1 is 1.29 bits per heavy atom. The summed E-state index contributed by atoms with van der Waals surface area (Å²) in [5, 5.41) is 6.99. The lowest BCUT2D eigenvalue weighted by molar-refractivity contribution is 0.505. The summed E-state index contributed by atoms with van der Waals surface area (Å²) in [6.07, 6.45) is 1.44. The van der Waals surface area contributed by atoms with E-state index in [0.717, 1.165) is 11.9 Å².